The first-order valence-electron chi connectivity index (χ1n) is 7.85. The van der Waals surface area contributed by atoms with E-state index in [0.29, 0.717) is 11.3 Å². The number of hydrogen-bond acceptors (Lipinski definition) is 4. The Morgan fingerprint density at radius 2 is 1.79 bits per heavy atom. The van der Waals surface area contributed by atoms with Gasteiger partial charge < -0.3 is 15.4 Å². The van der Waals surface area contributed by atoms with Gasteiger partial charge in [0, 0.05) is 11.4 Å². The number of nitrogens with one attached hydrogen (secondary N) is 2. The first-order valence-corrected chi connectivity index (χ1v) is 7.85. The van der Waals surface area contributed by atoms with Gasteiger partial charge in [0.15, 0.2) is 0 Å². The highest BCUT2D eigenvalue weighted by atomic mass is 16.5. The molecule has 0 aliphatic heterocycles. The van der Waals surface area contributed by atoms with Crippen molar-refractivity contribution in [3.63, 3.8) is 0 Å². The van der Waals surface area contributed by atoms with Crippen molar-refractivity contribution in [3.05, 3.63) is 59.2 Å². The zero-order valence-corrected chi connectivity index (χ0v) is 14.2. The van der Waals surface area contributed by atoms with Crippen molar-refractivity contribution in [2.45, 2.75) is 20.3 Å². The number of benzene rings is 2. The molecule has 0 heterocycles. The molecule has 0 saturated heterocycles. The van der Waals surface area contributed by atoms with Crippen LogP contribution < -0.4 is 10.6 Å². The summed E-state index contributed by atoms with van der Waals surface area (Å²) >= 11 is 0. The lowest BCUT2D eigenvalue weighted by molar-refractivity contribution is -0.114. The van der Waals surface area contributed by atoms with Crippen molar-refractivity contribution in [1.82, 2.24) is 0 Å². The van der Waals surface area contributed by atoms with Crippen LogP contribution in [0.3, 0.4) is 0 Å². The third-order valence-corrected chi connectivity index (χ3v) is 3.75. The van der Waals surface area contributed by atoms with Gasteiger partial charge in [-0.1, -0.05) is 31.2 Å². The van der Waals surface area contributed by atoms with E-state index in [1.54, 1.807) is 6.07 Å². The molecule has 2 aromatic carbocycles. The molecule has 24 heavy (non-hydrogen) atoms. The van der Waals surface area contributed by atoms with E-state index in [4.69, 9.17) is 4.74 Å². The van der Waals surface area contributed by atoms with E-state index >= 15 is 0 Å². The standard InChI is InChI=1S/C19H22N2O3/c1-4-14-8-10-15(11-9-14)21-17(22)12-20-16-7-5-6-13(2)18(16)19(23)24-3/h5-11,20H,4,12H2,1-3H3,(H,21,22). The van der Waals surface area contributed by atoms with Gasteiger partial charge in [-0.05, 0) is 42.7 Å². The summed E-state index contributed by atoms with van der Waals surface area (Å²) < 4.78 is 4.80. The molecule has 126 valence electrons. The summed E-state index contributed by atoms with van der Waals surface area (Å²) in [5.41, 5.74) is 3.78. The average Bonchev–Trinajstić information content (AvgIpc) is 2.60. The average molecular weight is 326 g/mol. The summed E-state index contributed by atoms with van der Waals surface area (Å²) in [7, 11) is 1.34. The number of amides is 1. The number of methoxy groups -OCH3 is 1. The van der Waals surface area contributed by atoms with Crippen LogP contribution in [0.1, 0.15) is 28.4 Å². The van der Waals surface area contributed by atoms with Gasteiger partial charge in [-0.15, -0.1) is 0 Å². The van der Waals surface area contributed by atoms with Crippen LogP contribution in [0.15, 0.2) is 42.5 Å². The van der Waals surface area contributed by atoms with E-state index in [0.717, 1.165) is 17.7 Å². The Morgan fingerprint density at radius 1 is 1.08 bits per heavy atom. The number of esters is 1. The van der Waals surface area contributed by atoms with Gasteiger partial charge >= 0.3 is 5.97 Å². The fourth-order valence-corrected chi connectivity index (χ4v) is 2.39. The minimum Gasteiger partial charge on any atom is -0.465 e. The number of ether oxygens (including phenoxy) is 1. The Labute approximate surface area is 142 Å². The van der Waals surface area contributed by atoms with E-state index in [2.05, 4.69) is 17.6 Å². The van der Waals surface area contributed by atoms with Gasteiger partial charge in [-0.3, -0.25) is 4.79 Å². The van der Waals surface area contributed by atoms with Gasteiger partial charge in [0.2, 0.25) is 5.91 Å². The lowest BCUT2D eigenvalue weighted by Crippen LogP contribution is -2.23. The second-order valence-corrected chi connectivity index (χ2v) is 5.44. The quantitative estimate of drug-likeness (QED) is 0.799. The smallest absolute Gasteiger partial charge is 0.340 e. The van der Waals surface area contributed by atoms with Gasteiger partial charge in [0.05, 0.1) is 19.2 Å². The molecule has 0 aromatic heterocycles. The predicted molar refractivity (Wildman–Crippen MR) is 95.5 cm³/mol. The molecule has 0 unspecified atom stereocenters. The Morgan fingerprint density at radius 3 is 2.42 bits per heavy atom. The van der Waals surface area contributed by atoms with Crippen molar-refractivity contribution in [2.75, 3.05) is 24.3 Å². The molecule has 0 bridgehead atoms. The summed E-state index contributed by atoms with van der Waals surface area (Å²) in [6, 6.07) is 13.1. The predicted octanol–water partition coefficient (Wildman–Crippen LogP) is 3.39. The monoisotopic (exact) mass is 326 g/mol. The molecule has 0 atom stereocenters. The van der Waals surface area contributed by atoms with E-state index in [1.165, 1.54) is 12.7 Å². The van der Waals surface area contributed by atoms with Crippen LogP contribution in [0.25, 0.3) is 0 Å². The zero-order valence-electron chi connectivity index (χ0n) is 14.2. The molecule has 0 aliphatic rings. The second kappa shape index (κ2) is 8.15. The number of carbonyl (C=O) groups is 2. The van der Waals surface area contributed by atoms with Crippen LogP contribution in [-0.2, 0) is 16.0 Å². The highest BCUT2D eigenvalue weighted by molar-refractivity contribution is 5.99. The molecule has 2 aromatic rings. The minimum atomic E-state index is -0.425. The number of anilines is 2. The molecule has 1 amide bonds. The van der Waals surface area contributed by atoms with E-state index in [-0.39, 0.29) is 12.5 Å². The molecule has 0 fully saturated rings. The normalized spacial score (nSPS) is 10.1. The van der Waals surface area contributed by atoms with Gasteiger partial charge in [0.1, 0.15) is 0 Å². The van der Waals surface area contributed by atoms with Crippen molar-refractivity contribution in [1.29, 1.82) is 0 Å². The topological polar surface area (TPSA) is 67.4 Å². The Balaban J connectivity index is 2.01. The zero-order chi connectivity index (χ0) is 17.5. The van der Waals surface area contributed by atoms with Crippen molar-refractivity contribution < 1.29 is 14.3 Å². The minimum absolute atomic E-state index is 0.0585. The summed E-state index contributed by atoms with van der Waals surface area (Å²) in [6.07, 6.45) is 0.958. The maximum absolute atomic E-state index is 12.1. The van der Waals surface area contributed by atoms with Crippen molar-refractivity contribution >= 4 is 23.3 Å². The first-order chi connectivity index (χ1) is 11.5. The number of carbonyl (C=O) groups excluding carboxylic acids is 2. The summed E-state index contributed by atoms with van der Waals surface area (Å²) in [5, 5.41) is 5.82. The van der Waals surface area contributed by atoms with Crippen LogP contribution in [-0.4, -0.2) is 25.5 Å². The molecular formula is C19H22N2O3. The molecule has 0 saturated carbocycles. The van der Waals surface area contributed by atoms with Crippen LogP contribution in [0.2, 0.25) is 0 Å². The number of aryl methyl sites for hydroxylation is 2. The third-order valence-electron chi connectivity index (χ3n) is 3.75. The lowest BCUT2D eigenvalue weighted by atomic mass is 10.1. The van der Waals surface area contributed by atoms with E-state index < -0.39 is 5.97 Å². The molecule has 0 spiro atoms. The highest BCUT2D eigenvalue weighted by Gasteiger charge is 2.15. The third kappa shape index (κ3) is 4.35. The van der Waals surface area contributed by atoms with E-state index in [1.807, 2.05) is 43.3 Å². The maximum atomic E-state index is 12.1. The first kappa shape index (κ1) is 17.5. The highest BCUT2D eigenvalue weighted by Crippen LogP contribution is 2.20. The Hall–Kier alpha value is -2.82. The number of hydrogen-bond donors (Lipinski definition) is 2. The lowest BCUT2D eigenvalue weighted by Gasteiger charge is -2.13. The van der Waals surface area contributed by atoms with Gasteiger partial charge in [0.25, 0.3) is 0 Å². The van der Waals surface area contributed by atoms with Gasteiger partial charge in [-0.25, -0.2) is 4.79 Å². The molecular weight excluding hydrogens is 304 g/mol. The number of rotatable bonds is 6. The van der Waals surface area contributed by atoms with Crippen LogP contribution >= 0.6 is 0 Å². The SMILES string of the molecule is CCc1ccc(NC(=O)CNc2cccc(C)c2C(=O)OC)cc1. The van der Waals surface area contributed by atoms with Gasteiger partial charge in [-0.2, -0.15) is 0 Å². The van der Waals surface area contributed by atoms with Crippen molar-refractivity contribution in [3.8, 4) is 0 Å². The Kier molecular flexibility index (Phi) is 5.95. The van der Waals surface area contributed by atoms with Crippen LogP contribution in [0.4, 0.5) is 11.4 Å². The molecule has 2 N–H and O–H groups in total. The Bertz CT molecular complexity index is 724. The fraction of sp³-hybridized carbons (Fsp3) is 0.263. The molecule has 0 radical (unpaired) electrons. The fourth-order valence-electron chi connectivity index (χ4n) is 2.39. The van der Waals surface area contributed by atoms with Crippen LogP contribution in [0, 0.1) is 6.92 Å². The molecule has 2 rings (SSSR count). The summed E-state index contributed by atoms with van der Waals surface area (Å²) in [6.45, 7) is 3.97. The van der Waals surface area contributed by atoms with Crippen molar-refractivity contribution in [2.24, 2.45) is 0 Å². The van der Waals surface area contributed by atoms with Crippen LogP contribution in [0.5, 0.6) is 0 Å². The summed E-state index contributed by atoms with van der Waals surface area (Å²) in [5.74, 6) is -0.609. The van der Waals surface area contributed by atoms with E-state index in [9.17, 15) is 9.59 Å². The summed E-state index contributed by atoms with van der Waals surface area (Å²) in [4.78, 5) is 24.0. The molecule has 0 aliphatic carbocycles. The molecule has 5 nitrogen and oxygen atoms in total. The maximum Gasteiger partial charge on any atom is 0.340 e. The largest absolute Gasteiger partial charge is 0.465 e. The second-order valence-electron chi connectivity index (χ2n) is 5.44. The molecule has 5 heteroatoms.